The van der Waals surface area contributed by atoms with Crippen molar-refractivity contribution in [2.24, 2.45) is 7.05 Å². The van der Waals surface area contributed by atoms with Gasteiger partial charge in [0.15, 0.2) is 0 Å². The van der Waals surface area contributed by atoms with Crippen LogP contribution in [0.2, 0.25) is 0 Å². The van der Waals surface area contributed by atoms with Crippen LogP contribution in [0.5, 0.6) is 0 Å². The van der Waals surface area contributed by atoms with Crippen LogP contribution >= 0.6 is 11.8 Å². The van der Waals surface area contributed by atoms with E-state index in [1.54, 1.807) is 29.7 Å². The van der Waals surface area contributed by atoms with Crippen molar-refractivity contribution in [3.8, 4) is 0 Å². The summed E-state index contributed by atoms with van der Waals surface area (Å²) >= 11 is 1.64. The van der Waals surface area contributed by atoms with E-state index < -0.39 is 6.10 Å². The zero-order chi connectivity index (χ0) is 12.3. The van der Waals surface area contributed by atoms with E-state index >= 15 is 0 Å². The van der Waals surface area contributed by atoms with Gasteiger partial charge in [0.05, 0.1) is 11.9 Å². The fourth-order valence-electron chi connectivity index (χ4n) is 1.57. The maximum absolute atomic E-state index is 10.0. The maximum atomic E-state index is 10.0. The van der Waals surface area contributed by atoms with Crippen LogP contribution in [0.25, 0.3) is 0 Å². The summed E-state index contributed by atoms with van der Waals surface area (Å²) in [7, 11) is 1.78. The lowest BCUT2D eigenvalue weighted by atomic mass is 10.2. The minimum atomic E-state index is -0.542. The van der Waals surface area contributed by atoms with E-state index in [0.29, 0.717) is 5.75 Å². The van der Waals surface area contributed by atoms with Crippen molar-refractivity contribution >= 4 is 11.8 Å². The monoisotopic (exact) mass is 249 g/mol. The summed E-state index contributed by atoms with van der Waals surface area (Å²) in [5.41, 5.74) is 1.97. The molecule has 1 atom stereocenters. The van der Waals surface area contributed by atoms with E-state index in [-0.39, 0.29) is 0 Å². The number of hydrogen-bond donors (Lipinski definition) is 1. The number of hydrogen-bond acceptors (Lipinski definition) is 4. The highest BCUT2D eigenvalue weighted by molar-refractivity contribution is 7.99. The van der Waals surface area contributed by atoms with Gasteiger partial charge in [0.25, 0.3) is 0 Å². The van der Waals surface area contributed by atoms with Gasteiger partial charge in [-0.25, -0.2) is 4.68 Å². The molecule has 1 unspecified atom stereocenters. The SMILES string of the molecule is Cc1ccccc1SCC(O)c1cnnn1C. The van der Waals surface area contributed by atoms with Gasteiger partial charge < -0.3 is 5.11 Å². The Kier molecular flexibility index (Phi) is 3.81. The van der Waals surface area contributed by atoms with Crippen LogP contribution in [0.1, 0.15) is 17.4 Å². The zero-order valence-corrected chi connectivity index (χ0v) is 10.7. The van der Waals surface area contributed by atoms with E-state index in [0.717, 1.165) is 5.69 Å². The molecule has 1 N–H and O–H groups in total. The molecule has 1 aromatic heterocycles. The lowest BCUT2D eigenvalue weighted by molar-refractivity contribution is 0.193. The van der Waals surface area contributed by atoms with Crippen LogP contribution in [-0.4, -0.2) is 25.9 Å². The fraction of sp³-hybridized carbons (Fsp3) is 0.333. The summed E-state index contributed by atoms with van der Waals surface area (Å²) in [4.78, 5) is 1.20. The van der Waals surface area contributed by atoms with Crippen molar-refractivity contribution < 1.29 is 5.11 Å². The molecule has 0 amide bonds. The molecule has 0 saturated heterocycles. The highest BCUT2D eigenvalue weighted by Gasteiger charge is 2.13. The third kappa shape index (κ3) is 2.87. The average Bonchev–Trinajstić information content (AvgIpc) is 2.74. The molecular formula is C12H15N3OS. The van der Waals surface area contributed by atoms with Crippen molar-refractivity contribution in [2.75, 3.05) is 5.75 Å². The molecular weight excluding hydrogens is 234 g/mol. The fourth-order valence-corrected chi connectivity index (χ4v) is 2.55. The third-order valence-corrected chi connectivity index (χ3v) is 3.83. The summed E-state index contributed by atoms with van der Waals surface area (Å²) < 4.78 is 1.60. The van der Waals surface area contributed by atoms with E-state index in [4.69, 9.17) is 0 Å². The van der Waals surface area contributed by atoms with Gasteiger partial charge in [-0.15, -0.1) is 16.9 Å². The molecule has 2 aromatic rings. The summed E-state index contributed by atoms with van der Waals surface area (Å²) in [6, 6.07) is 8.16. The molecule has 0 saturated carbocycles. The first-order valence-electron chi connectivity index (χ1n) is 5.39. The standard InChI is InChI=1S/C12H15N3OS/c1-9-5-3-4-6-12(9)17-8-11(16)10-7-13-14-15(10)2/h3-7,11,16H,8H2,1-2H3. The Morgan fingerprint density at radius 2 is 2.18 bits per heavy atom. The Morgan fingerprint density at radius 3 is 2.82 bits per heavy atom. The van der Waals surface area contributed by atoms with Gasteiger partial charge in [0, 0.05) is 17.7 Å². The molecule has 1 heterocycles. The van der Waals surface area contributed by atoms with Gasteiger partial charge in [-0.3, -0.25) is 0 Å². The molecule has 0 bridgehead atoms. The third-order valence-electron chi connectivity index (χ3n) is 2.58. The topological polar surface area (TPSA) is 50.9 Å². The second kappa shape index (κ2) is 5.33. The number of thioether (sulfide) groups is 1. The Bertz CT molecular complexity index is 498. The zero-order valence-electron chi connectivity index (χ0n) is 9.87. The molecule has 90 valence electrons. The largest absolute Gasteiger partial charge is 0.386 e. The Morgan fingerprint density at radius 1 is 1.41 bits per heavy atom. The molecule has 5 heteroatoms. The van der Waals surface area contributed by atoms with Crippen LogP contribution in [0.4, 0.5) is 0 Å². The van der Waals surface area contributed by atoms with Gasteiger partial charge in [-0.2, -0.15) is 0 Å². The Labute approximate surface area is 105 Å². The Hall–Kier alpha value is -1.33. The van der Waals surface area contributed by atoms with Gasteiger partial charge in [-0.05, 0) is 18.6 Å². The van der Waals surface area contributed by atoms with Crippen molar-refractivity contribution in [1.29, 1.82) is 0 Å². The maximum Gasteiger partial charge on any atom is 0.107 e. The van der Waals surface area contributed by atoms with Crippen LogP contribution in [0.3, 0.4) is 0 Å². The van der Waals surface area contributed by atoms with Crippen molar-refractivity contribution in [3.05, 3.63) is 41.7 Å². The van der Waals surface area contributed by atoms with E-state index in [2.05, 4.69) is 29.4 Å². The molecule has 1 aromatic carbocycles. The van der Waals surface area contributed by atoms with Crippen LogP contribution in [0.15, 0.2) is 35.4 Å². The first kappa shape index (κ1) is 12.1. The van der Waals surface area contributed by atoms with Crippen LogP contribution in [0, 0.1) is 6.92 Å². The van der Waals surface area contributed by atoms with Crippen molar-refractivity contribution in [1.82, 2.24) is 15.0 Å². The summed E-state index contributed by atoms with van der Waals surface area (Å²) in [5, 5.41) is 17.6. The van der Waals surface area contributed by atoms with Crippen molar-refractivity contribution in [3.63, 3.8) is 0 Å². The van der Waals surface area contributed by atoms with Gasteiger partial charge in [0.1, 0.15) is 6.10 Å². The molecule has 0 radical (unpaired) electrons. The molecule has 2 rings (SSSR count). The van der Waals surface area contributed by atoms with E-state index in [1.807, 2.05) is 12.1 Å². The minimum absolute atomic E-state index is 0.542. The minimum Gasteiger partial charge on any atom is -0.386 e. The number of aromatic nitrogens is 3. The first-order valence-corrected chi connectivity index (χ1v) is 6.38. The predicted octanol–water partition coefficient (Wildman–Crippen LogP) is 1.95. The first-order chi connectivity index (χ1) is 8.18. The van der Waals surface area contributed by atoms with E-state index in [1.165, 1.54) is 10.5 Å². The Balaban J connectivity index is 2.00. The smallest absolute Gasteiger partial charge is 0.107 e. The number of aliphatic hydroxyl groups excluding tert-OH is 1. The molecule has 0 fully saturated rings. The predicted molar refractivity (Wildman–Crippen MR) is 67.9 cm³/mol. The quantitative estimate of drug-likeness (QED) is 0.841. The second-order valence-corrected chi connectivity index (χ2v) is 4.94. The molecule has 0 aliphatic carbocycles. The number of aryl methyl sites for hydroxylation is 2. The number of nitrogens with zero attached hydrogens (tertiary/aromatic N) is 3. The van der Waals surface area contributed by atoms with Gasteiger partial charge in [-0.1, -0.05) is 23.4 Å². The number of rotatable bonds is 4. The van der Waals surface area contributed by atoms with E-state index in [9.17, 15) is 5.11 Å². The highest BCUT2D eigenvalue weighted by atomic mass is 32.2. The summed E-state index contributed by atoms with van der Waals surface area (Å²) in [6.45, 7) is 2.07. The lowest BCUT2D eigenvalue weighted by Gasteiger charge is -2.10. The normalized spacial score (nSPS) is 12.6. The number of aliphatic hydroxyl groups is 1. The molecule has 0 aliphatic heterocycles. The molecule has 0 spiro atoms. The van der Waals surface area contributed by atoms with Gasteiger partial charge >= 0.3 is 0 Å². The summed E-state index contributed by atoms with van der Waals surface area (Å²) in [5.74, 6) is 0.603. The van der Waals surface area contributed by atoms with Gasteiger partial charge in [0.2, 0.25) is 0 Å². The van der Waals surface area contributed by atoms with Crippen LogP contribution in [-0.2, 0) is 7.05 Å². The lowest BCUT2D eigenvalue weighted by Crippen LogP contribution is -2.07. The van der Waals surface area contributed by atoms with Crippen LogP contribution < -0.4 is 0 Å². The molecule has 17 heavy (non-hydrogen) atoms. The molecule has 0 aliphatic rings. The number of benzene rings is 1. The average molecular weight is 249 g/mol. The van der Waals surface area contributed by atoms with Crippen molar-refractivity contribution in [2.45, 2.75) is 17.9 Å². The highest BCUT2D eigenvalue weighted by Crippen LogP contribution is 2.26. The molecule has 4 nitrogen and oxygen atoms in total. The summed E-state index contributed by atoms with van der Waals surface area (Å²) in [6.07, 6.45) is 1.06. The second-order valence-electron chi connectivity index (χ2n) is 3.87.